The van der Waals surface area contributed by atoms with Crippen molar-refractivity contribution in [3.8, 4) is 0 Å². The van der Waals surface area contributed by atoms with Crippen LogP contribution in [-0.2, 0) is 16.0 Å². The number of benzene rings is 2. The zero-order valence-corrected chi connectivity index (χ0v) is 12.9. The first-order valence-electron chi connectivity index (χ1n) is 7.67. The van der Waals surface area contributed by atoms with E-state index in [1.807, 2.05) is 0 Å². The zero-order chi connectivity index (χ0) is 17.8. The van der Waals surface area contributed by atoms with Crippen LogP contribution in [0.15, 0.2) is 52.9 Å². The van der Waals surface area contributed by atoms with Gasteiger partial charge in [0.2, 0.25) is 0 Å². The molecule has 4 rings (SSSR count). The summed E-state index contributed by atoms with van der Waals surface area (Å²) in [6.07, 6.45) is -0.260. The van der Waals surface area contributed by atoms with Crippen molar-refractivity contribution in [2.24, 2.45) is 5.41 Å². The van der Waals surface area contributed by atoms with E-state index >= 15 is 0 Å². The third-order valence-electron chi connectivity index (χ3n) is 4.90. The minimum absolute atomic E-state index is 0.260. The highest BCUT2D eigenvalue weighted by Crippen LogP contribution is 2.54. The maximum Gasteiger partial charge on any atom is 0.322 e. The van der Waals surface area contributed by atoms with Crippen LogP contribution in [0.1, 0.15) is 22.8 Å². The molecular formula is C19H13FO5. The van der Waals surface area contributed by atoms with Crippen molar-refractivity contribution in [2.45, 2.75) is 12.3 Å². The van der Waals surface area contributed by atoms with Gasteiger partial charge >= 0.3 is 11.9 Å². The molecule has 3 aromatic rings. The molecule has 0 amide bonds. The van der Waals surface area contributed by atoms with Crippen molar-refractivity contribution in [1.29, 1.82) is 0 Å². The Morgan fingerprint density at radius 2 is 1.68 bits per heavy atom. The molecule has 126 valence electrons. The van der Waals surface area contributed by atoms with Crippen LogP contribution >= 0.6 is 0 Å². The first kappa shape index (κ1) is 15.4. The van der Waals surface area contributed by atoms with Crippen LogP contribution in [0.3, 0.4) is 0 Å². The van der Waals surface area contributed by atoms with E-state index in [9.17, 15) is 24.2 Å². The molecule has 2 N–H and O–H groups in total. The molecule has 0 spiro atoms. The second-order valence-corrected chi connectivity index (χ2v) is 6.18. The third-order valence-corrected chi connectivity index (χ3v) is 4.90. The smallest absolute Gasteiger partial charge is 0.322 e. The Labute approximate surface area is 141 Å². The van der Waals surface area contributed by atoms with Crippen LogP contribution in [0.2, 0.25) is 0 Å². The van der Waals surface area contributed by atoms with E-state index in [2.05, 4.69) is 0 Å². The molecule has 5 nitrogen and oxygen atoms in total. The predicted octanol–water partition coefficient (Wildman–Crippen LogP) is 3.42. The highest BCUT2D eigenvalue weighted by molar-refractivity contribution is 6.03. The number of hydrogen-bond acceptors (Lipinski definition) is 3. The first-order valence-corrected chi connectivity index (χ1v) is 7.67. The minimum atomic E-state index is -2.09. The summed E-state index contributed by atoms with van der Waals surface area (Å²) in [6, 6.07) is 12.3. The highest BCUT2D eigenvalue weighted by atomic mass is 19.1. The number of furan rings is 1. The quantitative estimate of drug-likeness (QED) is 0.713. The molecule has 1 atom stereocenters. The maximum absolute atomic E-state index is 13.3. The number of aliphatic carboxylic acids is 2. The number of hydrogen-bond donors (Lipinski definition) is 2. The Kier molecular flexibility index (Phi) is 3.18. The SMILES string of the molecule is O=C(O)C1(C(=O)O)Cc2oc3ccccc3c2C1c1ccc(F)cc1. The number of halogens is 1. The summed E-state index contributed by atoms with van der Waals surface area (Å²) < 4.78 is 19.1. The van der Waals surface area contributed by atoms with Crippen molar-refractivity contribution in [3.63, 3.8) is 0 Å². The van der Waals surface area contributed by atoms with Gasteiger partial charge in [-0.25, -0.2) is 4.39 Å². The Bertz CT molecular complexity index is 988. The van der Waals surface area contributed by atoms with Gasteiger partial charge in [-0.2, -0.15) is 0 Å². The summed E-state index contributed by atoms with van der Waals surface area (Å²) in [6.45, 7) is 0. The molecule has 2 aromatic carbocycles. The van der Waals surface area contributed by atoms with Crippen molar-refractivity contribution < 1.29 is 28.6 Å². The first-order chi connectivity index (χ1) is 11.9. The Hall–Kier alpha value is -3.15. The van der Waals surface area contributed by atoms with Crippen LogP contribution < -0.4 is 0 Å². The summed E-state index contributed by atoms with van der Waals surface area (Å²) in [7, 11) is 0. The fourth-order valence-corrected chi connectivity index (χ4v) is 3.76. The number of rotatable bonds is 3. The predicted molar refractivity (Wildman–Crippen MR) is 85.9 cm³/mol. The number of carboxylic acids is 2. The van der Waals surface area contributed by atoms with Gasteiger partial charge in [-0.3, -0.25) is 9.59 Å². The summed E-state index contributed by atoms with van der Waals surface area (Å²) in [5, 5.41) is 20.3. The van der Waals surface area contributed by atoms with E-state index in [1.54, 1.807) is 24.3 Å². The summed E-state index contributed by atoms with van der Waals surface area (Å²) in [4.78, 5) is 24.0. The van der Waals surface area contributed by atoms with Crippen molar-refractivity contribution in [3.05, 3.63) is 71.2 Å². The zero-order valence-electron chi connectivity index (χ0n) is 12.9. The highest BCUT2D eigenvalue weighted by Gasteiger charge is 2.60. The molecule has 0 bridgehead atoms. The lowest BCUT2D eigenvalue weighted by Gasteiger charge is -2.27. The van der Waals surface area contributed by atoms with E-state index in [0.29, 0.717) is 27.9 Å². The fraction of sp³-hybridized carbons (Fsp3) is 0.158. The molecule has 1 aromatic heterocycles. The normalized spacial score (nSPS) is 18.2. The van der Waals surface area contributed by atoms with Crippen molar-refractivity contribution in [1.82, 2.24) is 0 Å². The van der Waals surface area contributed by atoms with E-state index in [-0.39, 0.29) is 6.42 Å². The van der Waals surface area contributed by atoms with Gasteiger partial charge < -0.3 is 14.6 Å². The van der Waals surface area contributed by atoms with E-state index in [0.717, 1.165) is 0 Å². The molecule has 0 radical (unpaired) electrons. The van der Waals surface area contributed by atoms with Crippen molar-refractivity contribution >= 4 is 22.9 Å². The van der Waals surface area contributed by atoms with E-state index < -0.39 is 29.1 Å². The number of carbonyl (C=O) groups is 2. The van der Waals surface area contributed by atoms with Crippen LogP contribution in [-0.4, -0.2) is 22.2 Å². The molecule has 0 saturated heterocycles. The Morgan fingerprint density at radius 3 is 2.32 bits per heavy atom. The number of carboxylic acid groups (broad SMARTS) is 2. The van der Waals surface area contributed by atoms with Gasteiger partial charge in [-0.05, 0) is 23.8 Å². The molecule has 0 saturated carbocycles. The number of fused-ring (bicyclic) bond motifs is 3. The lowest BCUT2D eigenvalue weighted by atomic mass is 9.72. The lowest BCUT2D eigenvalue weighted by Crippen LogP contribution is -2.43. The van der Waals surface area contributed by atoms with E-state index in [1.165, 1.54) is 24.3 Å². The third kappa shape index (κ3) is 2.00. The Morgan fingerprint density at radius 1 is 1.04 bits per heavy atom. The summed E-state index contributed by atoms with van der Waals surface area (Å²) in [5.74, 6) is -3.98. The van der Waals surface area contributed by atoms with Gasteiger partial charge in [0.05, 0.1) is 0 Å². The van der Waals surface area contributed by atoms with Gasteiger partial charge in [0, 0.05) is 23.3 Å². The standard InChI is InChI=1S/C19H13FO5/c20-11-7-5-10(6-8-11)16-15-12-3-1-2-4-13(12)25-14(15)9-19(16,17(21)22)18(23)24/h1-8,16H,9H2,(H,21,22)(H,23,24). The lowest BCUT2D eigenvalue weighted by molar-refractivity contribution is -0.165. The summed E-state index contributed by atoms with van der Waals surface area (Å²) >= 11 is 0. The second kappa shape index (κ2) is 5.17. The molecule has 0 aliphatic heterocycles. The Balaban J connectivity index is 2.04. The molecule has 25 heavy (non-hydrogen) atoms. The topological polar surface area (TPSA) is 87.7 Å². The largest absolute Gasteiger partial charge is 0.480 e. The second-order valence-electron chi connectivity index (χ2n) is 6.18. The maximum atomic E-state index is 13.3. The van der Waals surface area contributed by atoms with E-state index in [4.69, 9.17) is 4.42 Å². The van der Waals surface area contributed by atoms with Crippen LogP contribution in [0, 0.1) is 11.2 Å². The van der Waals surface area contributed by atoms with Crippen LogP contribution in [0.25, 0.3) is 11.0 Å². The molecule has 1 unspecified atom stereocenters. The van der Waals surface area contributed by atoms with Gasteiger partial charge in [0.1, 0.15) is 17.2 Å². The fourth-order valence-electron chi connectivity index (χ4n) is 3.76. The molecule has 1 aliphatic carbocycles. The molecule has 0 fully saturated rings. The van der Waals surface area contributed by atoms with Crippen molar-refractivity contribution in [2.75, 3.05) is 0 Å². The van der Waals surface area contributed by atoms with Gasteiger partial charge in [0.15, 0.2) is 5.41 Å². The molecule has 1 heterocycles. The minimum Gasteiger partial charge on any atom is -0.480 e. The average Bonchev–Trinajstić information content (AvgIpc) is 3.09. The van der Waals surface area contributed by atoms with Gasteiger partial charge in [0.25, 0.3) is 0 Å². The number of para-hydroxylation sites is 1. The molecular weight excluding hydrogens is 327 g/mol. The average molecular weight is 340 g/mol. The monoisotopic (exact) mass is 340 g/mol. The molecule has 1 aliphatic rings. The van der Waals surface area contributed by atoms with Crippen LogP contribution in [0.4, 0.5) is 4.39 Å². The van der Waals surface area contributed by atoms with Crippen LogP contribution in [0.5, 0.6) is 0 Å². The van der Waals surface area contributed by atoms with Gasteiger partial charge in [-0.15, -0.1) is 0 Å². The summed E-state index contributed by atoms with van der Waals surface area (Å²) in [5.41, 5.74) is -0.539. The molecule has 6 heteroatoms. The van der Waals surface area contributed by atoms with Gasteiger partial charge in [-0.1, -0.05) is 30.3 Å².